The van der Waals surface area contributed by atoms with E-state index in [0.717, 1.165) is 35.6 Å². The molecular weight excluding hydrogens is 418 g/mol. The van der Waals surface area contributed by atoms with Gasteiger partial charge in [-0.3, -0.25) is 10.1 Å². The average molecular weight is 440 g/mol. The van der Waals surface area contributed by atoms with Crippen LogP contribution in [0.5, 0.6) is 0 Å². The van der Waals surface area contributed by atoms with Crippen LogP contribution >= 0.6 is 23.8 Å². The maximum Gasteiger partial charge on any atom is 0.293 e. The molecule has 0 bridgehead atoms. The fourth-order valence-electron chi connectivity index (χ4n) is 3.49. The summed E-state index contributed by atoms with van der Waals surface area (Å²) in [5.74, 6) is 0.342. The highest BCUT2D eigenvalue weighted by atomic mass is 35.5. The van der Waals surface area contributed by atoms with Gasteiger partial charge in [-0.2, -0.15) is 0 Å². The second-order valence-electron chi connectivity index (χ2n) is 7.25. The zero-order chi connectivity index (χ0) is 21.1. The molecule has 154 valence electrons. The Hall–Kier alpha value is -2.83. The second kappa shape index (κ2) is 8.90. The molecule has 1 fully saturated rings. The Morgan fingerprint density at radius 3 is 2.63 bits per heavy atom. The molecule has 1 amide bonds. The first kappa shape index (κ1) is 20.4. The van der Waals surface area contributed by atoms with Crippen LogP contribution in [-0.4, -0.2) is 24.1 Å². The Balaban J connectivity index is 1.43. The standard InChI is InChI=1S/C23H22ClN3O2S/c1-15-8-9-16(14-17(15)24)20-10-11-21(29-20)22(28)26-23(30)25-18-6-2-3-7-19(18)27-12-4-5-13-27/h2-3,6-11,14H,4-5,12-13H2,1H3,(H2,25,26,28,30). The lowest BCUT2D eigenvalue weighted by molar-refractivity contribution is 0.0951. The number of furan rings is 1. The van der Waals surface area contributed by atoms with Crippen LogP contribution in [0.1, 0.15) is 29.0 Å². The molecule has 2 N–H and O–H groups in total. The Bertz CT molecular complexity index is 1090. The average Bonchev–Trinajstić information content (AvgIpc) is 3.42. The number of thiocarbonyl (C=S) groups is 1. The second-order valence-corrected chi connectivity index (χ2v) is 8.06. The third-order valence-electron chi connectivity index (χ3n) is 5.11. The lowest BCUT2D eigenvalue weighted by atomic mass is 10.1. The number of para-hydroxylation sites is 2. The monoisotopic (exact) mass is 439 g/mol. The van der Waals surface area contributed by atoms with E-state index in [1.807, 2.05) is 43.3 Å². The molecule has 0 spiro atoms. The van der Waals surface area contributed by atoms with E-state index in [-0.39, 0.29) is 10.9 Å². The minimum atomic E-state index is -0.407. The summed E-state index contributed by atoms with van der Waals surface area (Å²) in [7, 11) is 0. The zero-order valence-corrected chi connectivity index (χ0v) is 18.1. The third-order valence-corrected chi connectivity index (χ3v) is 5.72. The third kappa shape index (κ3) is 4.50. The molecule has 5 nitrogen and oxygen atoms in total. The summed E-state index contributed by atoms with van der Waals surface area (Å²) in [6.45, 7) is 3.98. The summed E-state index contributed by atoms with van der Waals surface area (Å²) in [5.41, 5.74) is 3.75. The van der Waals surface area contributed by atoms with Crippen LogP contribution in [0.25, 0.3) is 11.3 Å². The molecule has 7 heteroatoms. The molecule has 1 aliphatic heterocycles. The molecule has 0 atom stereocenters. The van der Waals surface area contributed by atoms with E-state index in [1.54, 1.807) is 12.1 Å². The van der Waals surface area contributed by atoms with Gasteiger partial charge in [-0.1, -0.05) is 35.9 Å². The number of hydrogen-bond acceptors (Lipinski definition) is 4. The molecular formula is C23H22ClN3O2S. The van der Waals surface area contributed by atoms with E-state index in [9.17, 15) is 4.79 Å². The van der Waals surface area contributed by atoms with Crippen molar-refractivity contribution >= 4 is 46.2 Å². The van der Waals surface area contributed by atoms with Gasteiger partial charge in [-0.15, -0.1) is 0 Å². The Morgan fingerprint density at radius 1 is 1.10 bits per heavy atom. The number of carbonyl (C=O) groups is 1. The van der Waals surface area contributed by atoms with Crippen molar-refractivity contribution in [3.63, 3.8) is 0 Å². The minimum Gasteiger partial charge on any atom is -0.451 e. The van der Waals surface area contributed by atoms with Crippen molar-refractivity contribution in [1.82, 2.24) is 5.32 Å². The van der Waals surface area contributed by atoms with Gasteiger partial charge in [-0.05, 0) is 67.9 Å². The SMILES string of the molecule is Cc1ccc(-c2ccc(C(=O)NC(=S)Nc3ccccc3N3CCCC3)o2)cc1Cl. The number of aryl methyl sites for hydroxylation is 1. The summed E-state index contributed by atoms with van der Waals surface area (Å²) in [4.78, 5) is 14.9. The van der Waals surface area contributed by atoms with E-state index in [2.05, 4.69) is 21.6 Å². The lowest BCUT2D eigenvalue weighted by Gasteiger charge is -2.22. The van der Waals surface area contributed by atoms with Crippen molar-refractivity contribution in [2.45, 2.75) is 19.8 Å². The smallest absolute Gasteiger partial charge is 0.293 e. The number of nitrogens with one attached hydrogen (secondary N) is 2. The van der Waals surface area contributed by atoms with Crippen molar-refractivity contribution in [3.8, 4) is 11.3 Å². The van der Waals surface area contributed by atoms with Crippen LogP contribution in [0.15, 0.2) is 59.0 Å². The van der Waals surface area contributed by atoms with Crippen LogP contribution < -0.4 is 15.5 Å². The number of amides is 1. The molecule has 0 unspecified atom stereocenters. The number of benzene rings is 2. The quantitative estimate of drug-likeness (QED) is 0.515. The van der Waals surface area contributed by atoms with Crippen molar-refractivity contribution in [1.29, 1.82) is 0 Å². The molecule has 1 aromatic heterocycles. The van der Waals surface area contributed by atoms with E-state index in [0.29, 0.717) is 10.8 Å². The first-order valence-electron chi connectivity index (χ1n) is 9.84. The molecule has 30 heavy (non-hydrogen) atoms. The molecule has 1 saturated heterocycles. The van der Waals surface area contributed by atoms with Gasteiger partial charge < -0.3 is 14.6 Å². The first-order chi connectivity index (χ1) is 14.5. The molecule has 0 saturated carbocycles. The van der Waals surface area contributed by atoms with Gasteiger partial charge in [0.2, 0.25) is 0 Å². The van der Waals surface area contributed by atoms with Gasteiger partial charge in [0.25, 0.3) is 5.91 Å². The number of hydrogen-bond donors (Lipinski definition) is 2. The predicted octanol–water partition coefficient (Wildman–Crippen LogP) is 5.64. The molecule has 0 radical (unpaired) electrons. The number of rotatable bonds is 4. The van der Waals surface area contributed by atoms with Crippen LogP contribution in [0, 0.1) is 6.92 Å². The summed E-state index contributed by atoms with van der Waals surface area (Å²) in [6, 6.07) is 17.0. The van der Waals surface area contributed by atoms with Crippen LogP contribution in [-0.2, 0) is 0 Å². The van der Waals surface area contributed by atoms with Gasteiger partial charge in [0.15, 0.2) is 10.9 Å². The van der Waals surface area contributed by atoms with Gasteiger partial charge in [0.1, 0.15) is 5.76 Å². The molecule has 4 rings (SSSR count). The molecule has 1 aliphatic rings. The van der Waals surface area contributed by atoms with Crippen LogP contribution in [0.2, 0.25) is 5.02 Å². The predicted molar refractivity (Wildman–Crippen MR) is 125 cm³/mol. The minimum absolute atomic E-state index is 0.179. The normalized spacial score (nSPS) is 13.3. The largest absolute Gasteiger partial charge is 0.451 e. The number of anilines is 2. The topological polar surface area (TPSA) is 57.5 Å². The van der Waals surface area contributed by atoms with Gasteiger partial charge in [0, 0.05) is 23.7 Å². The van der Waals surface area contributed by atoms with Crippen molar-refractivity contribution in [3.05, 3.63) is 70.9 Å². The van der Waals surface area contributed by atoms with Crippen LogP contribution in [0.3, 0.4) is 0 Å². The lowest BCUT2D eigenvalue weighted by Crippen LogP contribution is -2.34. The Labute approximate surface area is 186 Å². The Morgan fingerprint density at radius 2 is 1.87 bits per heavy atom. The number of nitrogens with zero attached hydrogens (tertiary/aromatic N) is 1. The number of halogens is 1. The summed E-state index contributed by atoms with van der Waals surface area (Å²) >= 11 is 11.5. The van der Waals surface area contributed by atoms with Gasteiger partial charge in [-0.25, -0.2) is 0 Å². The van der Waals surface area contributed by atoms with E-state index in [1.165, 1.54) is 12.8 Å². The maximum absolute atomic E-state index is 12.6. The fourth-order valence-corrected chi connectivity index (χ4v) is 3.88. The Kier molecular flexibility index (Phi) is 6.06. The van der Waals surface area contributed by atoms with Crippen LogP contribution in [0.4, 0.5) is 11.4 Å². The zero-order valence-electron chi connectivity index (χ0n) is 16.6. The van der Waals surface area contributed by atoms with Crippen molar-refractivity contribution in [2.24, 2.45) is 0 Å². The summed E-state index contributed by atoms with van der Waals surface area (Å²) < 4.78 is 5.72. The highest BCUT2D eigenvalue weighted by molar-refractivity contribution is 7.80. The van der Waals surface area contributed by atoms with Crippen molar-refractivity contribution < 1.29 is 9.21 Å². The fraction of sp³-hybridized carbons (Fsp3) is 0.217. The summed E-state index contributed by atoms with van der Waals surface area (Å²) in [5, 5.41) is 6.70. The number of carbonyl (C=O) groups excluding carboxylic acids is 1. The molecule has 3 aromatic rings. The first-order valence-corrected chi connectivity index (χ1v) is 10.6. The highest BCUT2D eigenvalue weighted by Crippen LogP contribution is 2.29. The van der Waals surface area contributed by atoms with E-state index >= 15 is 0 Å². The van der Waals surface area contributed by atoms with E-state index in [4.69, 9.17) is 28.2 Å². The maximum atomic E-state index is 12.6. The van der Waals surface area contributed by atoms with Crippen molar-refractivity contribution in [2.75, 3.05) is 23.3 Å². The molecule has 2 aromatic carbocycles. The van der Waals surface area contributed by atoms with Gasteiger partial charge >= 0.3 is 0 Å². The molecule has 0 aliphatic carbocycles. The highest BCUT2D eigenvalue weighted by Gasteiger charge is 2.18. The van der Waals surface area contributed by atoms with E-state index < -0.39 is 5.91 Å². The summed E-state index contributed by atoms with van der Waals surface area (Å²) in [6.07, 6.45) is 2.37. The van der Waals surface area contributed by atoms with Gasteiger partial charge in [0.05, 0.1) is 11.4 Å². The molecule has 2 heterocycles.